The van der Waals surface area contributed by atoms with Crippen molar-refractivity contribution >= 4 is 29.1 Å². The molecule has 0 spiro atoms. The third kappa shape index (κ3) is 1.61. The van der Waals surface area contributed by atoms with Gasteiger partial charge in [-0.3, -0.25) is 4.79 Å². The summed E-state index contributed by atoms with van der Waals surface area (Å²) >= 11 is 7.68. The molecule has 1 aromatic carbocycles. The van der Waals surface area contributed by atoms with Crippen molar-refractivity contribution in [3.8, 4) is 0 Å². The van der Waals surface area contributed by atoms with E-state index in [4.69, 9.17) is 11.6 Å². The molecule has 3 heteroatoms. The highest BCUT2D eigenvalue weighted by molar-refractivity contribution is 7.99. The minimum atomic E-state index is 0.205. The van der Waals surface area contributed by atoms with Crippen molar-refractivity contribution in [3.63, 3.8) is 0 Å². The van der Waals surface area contributed by atoms with E-state index in [9.17, 15) is 4.79 Å². The third-order valence-electron chi connectivity index (χ3n) is 2.12. The Labute approximate surface area is 86.5 Å². The fraction of sp³-hybridized carbons (Fsp3) is 0.300. The third-order valence-corrected chi connectivity index (χ3v) is 3.42. The average molecular weight is 213 g/mol. The maximum absolute atomic E-state index is 11.5. The molecule has 0 radical (unpaired) electrons. The van der Waals surface area contributed by atoms with E-state index in [1.807, 2.05) is 19.1 Å². The van der Waals surface area contributed by atoms with E-state index >= 15 is 0 Å². The zero-order valence-electron chi connectivity index (χ0n) is 7.26. The molecule has 0 fully saturated rings. The summed E-state index contributed by atoms with van der Waals surface area (Å²) in [6.45, 7) is 1.96. The summed E-state index contributed by atoms with van der Waals surface area (Å²) in [5, 5.41) is 0.732. The Morgan fingerprint density at radius 1 is 1.38 bits per heavy atom. The number of carbonyl (C=O) groups is 1. The first-order valence-electron chi connectivity index (χ1n) is 4.08. The number of ketones is 1. The second kappa shape index (κ2) is 3.35. The molecule has 0 aliphatic carbocycles. The van der Waals surface area contributed by atoms with Crippen molar-refractivity contribution in [3.05, 3.63) is 33.8 Å². The zero-order valence-corrected chi connectivity index (χ0v) is 8.84. The number of fused-ring (bicyclic) bond motifs is 1. The van der Waals surface area contributed by atoms with Gasteiger partial charge in [-0.1, -0.05) is 11.6 Å². The molecule has 2 rings (SSSR count). The number of hydrogen-bond donors (Lipinski definition) is 0. The second-order valence-corrected chi connectivity index (χ2v) is 4.58. The molecule has 1 aliphatic heterocycles. The Kier molecular flexibility index (Phi) is 2.35. The zero-order chi connectivity index (χ0) is 9.42. The topological polar surface area (TPSA) is 17.1 Å². The second-order valence-electron chi connectivity index (χ2n) is 3.19. The first-order chi connectivity index (χ1) is 6.18. The molecule has 0 N–H and O–H groups in total. The van der Waals surface area contributed by atoms with Crippen LogP contribution in [0.1, 0.15) is 21.5 Å². The van der Waals surface area contributed by atoms with Crippen molar-refractivity contribution < 1.29 is 4.79 Å². The fourth-order valence-electron chi connectivity index (χ4n) is 1.49. The van der Waals surface area contributed by atoms with Gasteiger partial charge >= 0.3 is 0 Å². The molecule has 68 valence electrons. The molecule has 0 aromatic heterocycles. The van der Waals surface area contributed by atoms with Crippen LogP contribution < -0.4 is 0 Å². The van der Waals surface area contributed by atoms with E-state index in [1.165, 1.54) is 0 Å². The summed E-state index contributed by atoms with van der Waals surface area (Å²) in [5.41, 5.74) is 2.89. The number of hydrogen-bond acceptors (Lipinski definition) is 2. The summed E-state index contributed by atoms with van der Waals surface area (Å²) in [6.07, 6.45) is 0. The van der Waals surface area contributed by atoms with Crippen molar-refractivity contribution in [2.45, 2.75) is 12.7 Å². The van der Waals surface area contributed by atoms with Gasteiger partial charge in [-0.25, -0.2) is 0 Å². The lowest BCUT2D eigenvalue weighted by Crippen LogP contribution is -2.12. The van der Waals surface area contributed by atoms with E-state index < -0.39 is 0 Å². The smallest absolute Gasteiger partial charge is 0.173 e. The molecule has 0 saturated heterocycles. The van der Waals surface area contributed by atoms with Gasteiger partial charge in [0.15, 0.2) is 5.78 Å². The van der Waals surface area contributed by atoms with Gasteiger partial charge in [0.1, 0.15) is 0 Å². The Hall–Kier alpha value is -0.470. The van der Waals surface area contributed by atoms with Crippen molar-refractivity contribution in [1.29, 1.82) is 0 Å². The molecule has 0 bridgehead atoms. The first kappa shape index (κ1) is 9.10. The van der Waals surface area contributed by atoms with Crippen LogP contribution in [0, 0.1) is 6.92 Å². The van der Waals surface area contributed by atoms with Gasteiger partial charge in [0.25, 0.3) is 0 Å². The molecule has 0 amide bonds. The van der Waals surface area contributed by atoms with Gasteiger partial charge in [-0.2, -0.15) is 0 Å². The Balaban J connectivity index is 2.63. The standard InChI is InChI=1S/C10H9ClOS/c1-6-2-7-8(9(11)3-6)4-13-5-10(7)12/h2-3H,4-5H2,1H3. The van der Waals surface area contributed by atoms with Crippen LogP contribution in [-0.4, -0.2) is 11.5 Å². The van der Waals surface area contributed by atoms with E-state index in [-0.39, 0.29) is 5.78 Å². The van der Waals surface area contributed by atoms with Crippen LogP contribution in [0.25, 0.3) is 0 Å². The van der Waals surface area contributed by atoms with E-state index in [1.54, 1.807) is 11.8 Å². The van der Waals surface area contributed by atoms with Gasteiger partial charge in [-0.05, 0) is 30.2 Å². The summed E-state index contributed by atoms with van der Waals surface area (Å²) in [6, 6.07) is 3.85. The molecular weight excluding hydrogens is 204 g/mol. The molecule has 1 nitrogen and oxygen atoms in total. The van der Waals surface area contributed by atoms with Gasteiger partial charge in [0.2, 0.25) is 0 Å². The molecule has 13 heavy (non-hydrogen) atoms. The Bertz CT molecular complexity index is 373. The van der Waals surface area contributed by atoms with Crippen LogP contribution in [-0.2, 0) is 5.75 Å². The monoisotopic (exact) mass is 212 g/mol. The Morgan fingerprint density at radius 2 is 2.15 bits per heavy atom. The molecule has 0 atom stereocenters. The quantitative estimate of drug-likeness (QED) is 0.658. The van der Waals surface area contributed by atoms with Crippen LogP contribution >= 0.6 is 23.4 Å². The van der Waals surface area contributed by atoms with Crippen molar-refractivity contribution in [2.75, 3.05) is 5.75 Å². The Morgan fingerprint density at radius 3 is 2.92 bits per heavy atom. The summed E-state index contributed by atoms with van der Waals surface area (Å²) in [4.78, 5) is 11.5. The summed E-state index contributed by atoms with van der Waals surface area (Å²) in [5.74, 6) is 1.66. The van der Waals surface area contributed by atoms with Crippen LogP contribution in [0.15, 0.2) is 12.1 Å². The first-order valence-corrected chi connectivity index (χ1v) is 5.61. The lowest BCUT2D eigenvalue weighted by Gasteiger charge is -2.16. The molecule has 1 aromatic rings. The number of Topliss-reactive ketones (excluding diaryl/α,β-unsaturated/α-hetero) is 1. The normalized spacial score (nSPS) is 15.7. The number of rotatable bonds is 0. The van der Waals surface area contributed by atoms with Crippen LogP contribution in [0.5, 0.6) is 0 Å². The van der Waals surface area contributed by atoms with E-state index in [0.717, 1.165) is 27.5 Å². The lowest BCUT2D eigenvalue weighted by molar-refractivity contribution is 0.102. The fourth-order valence-corrected chi connectivity index (χ4v) is 2.87. The van der Waals surface area contributed by atoms with Crippen molar-refractivity contribution in [1.82, 2.24) is 0 Å². The molecule has 1 heterocycles. The number of benzene rings is 1. The van der Waals surface area contributed by atoms with Gasteiger partial charge in [0.05, 0.1) is 5.75 Å². The van der Waals surface area contributed by atoms with Crippen molar-refractivity contribution in [2.24, 2.45) is 0 Å². The summed E-state index contributed by atoms with van der Waals surface area (Å²) in [7, 11) is 0. The molecule has 0 saturated carbocycles. The van der Waals surface area contributed by atoms with Gasteiger partial charge < -0.3 is 0 Å². The highest BCUT2D eigenvalue weighted by Crippen LogP contribution is 2.31. The van der Waals surface area contributed by atoms with Gasteiger partial charge in [0, 0.05) is 16.3 Å². The van der Waals surface area contributed by atoms with E-state index in [2.05, 4.69) is 0 Å². The minimum absolute atomic E-state index is 0.205. The average Bonchev–Trinajstić information content (AvgIpc) is 2.07. The predicted molar refractivity (Wildman–Crippen MR) is 56.7 cm³/mol. The highest BCUT2D eigenvalue weighted by Gasteiger charge is 2.19. The molecule has 1 aliphatic rings. The van der Waals surface area contributed by atoms with Gasteiger partial charge in [-0.15, -0.1) is 11.8 Å². The molecular formula is C10H9ClOS. The minimum Gasteiger partial charge on any atom is -0.293 e. The summed E-state index contributed by atoms with van der Waals surface area (Å²) < 4.78 is 0. The number of aryl methyl sites for hydroxylation is 1. The largest absolute Gasteiger partial charge is 0.293 e. The van der Waals surface area contributed by atoms with Crippen LogP contribution in [0.2, 0.25) is 5.02 Å². The van der Waals surface area contributed by atoms with Crippen LogP contribution in [0.4, 0.5) is 0 Å². The van der Waals surface area contributed by atoms with E-state index in [0.29, 0.717) is 5.75 Å². The SMILES string of the molecule is Cc1cc(Cl)c2c(c1)C(=O)CSC2. The van der Waals surface area contributed by atoms with Crippen LogP contribution in [0.3, 0.4) is 0 Å². The highest BCUT2D eigenvalue weighted by atomic mass is 35.5. The number of carbonyl (C=O) groups excluding carboxylic acids is 1. The maximum atomic E-state index is 11.5. The molecule has 0 unspecified atom stereocenters. The predicted octanol–water partition coefficient (Wildman–Crippen LogP) is 3.08. The lowest BCUT2D eigenvalue weighted by atomic mass is 10.0. The number of thioether (sulfide) groups is 1. The number of halogens is 1. The maximum Gasteiger partial charge on any atom is 0.173 e.